The number of carbonyl (C=O) groups is 1. The van der Waals surface area contributed by atoms with Gasteiger partial charge in [0.15, 0.2) is 5.11 Å². The van der Waals surface area contributed by atoms with E-state index in [0.29, 0.717) is 11.7 Å². The minimum Gasteiger partial charge on any atom is -0.469 e. The average Bonchev–Trinajstić information content (AvgIpc) is 3.28. The van der Waals surface area contributed by atoms with Gasteiger partial charge in [0.25, 0.3) is 0 Å². The third-order valence-electron chi connectivity index (χ3n) is 5.86. The fourth-order valence-corrected chi connectivity index (χ4v) is 4.70. The van der Waals surface area contributed by atoms with Crippen molar-refractivity contribution in [1.82, 2.24) is 19.8 Å². The van der Waals surface area contributed by atoms with Crippen molar-refractivity contribution < 1.29 is 13.9 Å². The number of nitrogens with zero attached hydrogens (tertiary/aromatic N) is 3. The summed E-state index contributed by atoms with van der Waals surface area (Å²) in [6.45, 7) is 4.49. The number of aromatic nitrogens is 2. The minimum absolute atomic E-state index is 0.164. The van der Waals surface area contributed by atoms with E-state index < -0.39 is 0 Å². The van der Waals surface area contributed by atoms with E-state index in [9.17, 15) is 9.18 Å². The Labute approximate surface area is 192 Å². The Hall–Kier alpha value is -3.26. The monoisotopic (exact) mass is 452 g/mol. The Bertz CT molecular complexity index is 1130. The maximum absolute atomic E-state index is 13.5. The van der Waals surface area contributed by atoms with E-state index in [-0.39, 0.29) is 30.3 Å². The predicted molar refractivity (Wildman–Crippen MR) is 124 cm³/mol. The Kier molecular flexibility index (Phi) is 6.23. The highest BCUT2D eigenvalue weighted by molar-refractivity contribution is 7.80. The number of carbonyl (C=O) groups excluding carboxylic acids is 1. The topological polar surface area (TPSA) is 59.4 Å². The maximum Gasteiger partial charge on any atom is 0.307 e. The molecule has 32 heavy (non-hydrogen) atoms. The maximum atomic E-state index is 13.5. The molecule has 1 fully saturated rings. The standard InChI is InChI=1S/C24H25FN4O2S/c1-15-14-19(16(2)29(15)18-9-7-17(25)8-10-18)23-22(20-6-4-5-12-26-20)27-24(32)28(23)13-11-21(30)31-3/h4-10,12,14,22-23H,11,13H2,1-3H3,(H,27,32)/t22-,23-/m0/s1. The number of nitrogens with one attached hydrogen (secondary N) is 1. The van der Waals surface area contributed by atoms with Crippen molar-refractivity contribution in [1.29, 1.82) is 0 Å². The highest BCUT2D eigenvalue weighted by Gasteiger charge is 2.41. The zero-order chi connectivity index (χ0) is 22.8. The molecule has 1 aromatic carbocycles. The number of benzene rings is 1. The van der Waals surface area contributed by atoms with Gasteiger partial charge in [0, 0.05) is 29.8 Å². The number of ether oxygens (including phenoxy) is 1. The van der Waals surface area contributed by atoms with Gasteiger partial charge in [-0.3, -0.25) is 9.78 Å². The zero-order valence-corrected chi connectivity index (χ0v) is 19.0. The molecule has 2 atom stereocenters. The van der Waals surface area contributed by atoms with E-state index in [1.165, 1.54) is 19.2 Å². The van der Waals surface area contributed by atoms with Gasteiger partial charge in [-0.2, -0.15) is 0 Å². The van der Waals surface area contributed by atoms with Crippen LogP contribution in [0.4, 0.5) is 4.39 Å². The second-order valence-electron chi connectivity index (χ2n) is 7.78. The van der Waals surface area contributed by atoms with E-state index in [2.05, 4.69) is 20.9 Å². The third-order valence-corrected chi connectivity index (χ3v) is 6.21. The van der Waals surface area contributed by atoms with Gasteiger partial charge in [0.1, 0.15) is 5.82 Å². The highest BCUT2D eigenvalue weighted by atomic mass is 32.1. The van der Waals surface area contributed by atoms with Crippen molar-refractivity contribution in [3.8, 4) is 5.69 Å². The summed E-state index contributed by atoms with van der Waals surface area (Å²) in [4.78, 5) is 18.4. The number of hydrogen-bond donors (Lipinski definition) is 1. The van der Waals surface area contributed by atoms with Crippen molar-refractivity contribution in [2.45, 2.75) is 32.4 Å². The molecule has 3 heterocycles. The Morgan fingerprint density at radius 1 is 1.22 bits per heavy atom. The normalized spacial score (nSPS) is 18.0. The largest absolute Gasteiger partial charge is 0.469 e. The summed E-state index contributed by atoms with van der Waals surface area (Å²) in [5.74, 6) is -0.560. The van der Waals surface area contributed by atoms with Gasteiger partial charge in [-0.25, -0.2) is 4.39 Å². The second-order valence-corrected chi connectivity index (χ2v) is 8.17. The number of aryl methyl sites for hydroxylation is 1. The van der Waals surface area contributed by atoms with E-state index in [4.69, 9.17) is 17.0 Å². The van der Waals surface area contributed by atoms with Gasteiger partial charge in [0.2, 0.25) is 0 Å². The van der Waals surface area contributed by atoms with Crippen molar-refractivity contribution >= 4 is 23.3 Å². The number of methoxy groups -OCH3 is 1. The summed E-state index contributed by atoms with van der Waals surface area (Å²) in [6, 6.07) is 14.0. The zero-order valence-electron chi connectivity index (χ0n) is 18.2. The fourth-order valence-electron chi connectivity index (χ4n) is 4.37. The second kappa shape index (κ2) is 9.08. The van der Waals surface area contributed by atoms with Crippen molar-refractivity contribution in [2.24, 2.45) is 0 Å². The summed E-state index contributed by atoms with van der Waals surface area (Å²) in [7, 11) is 1.38. The number of pyridine rings is 1. The number of rotatable bonds is 6. The van der Waals surface area contributed by atoms with Crippen LogP contribution < -0.4 is 5.32 Å². The minimum atomic E-state index is -0.287. The van der Waals surface area contributed by atoms with Gasteiger partial charge in [-0.1, -0.05) is 6.07 Å². The first-order valence-corrected chi connectivity index (χ1v) is 10.8. The van der Waals surface area contributed by atoms with E-state index in [1.54, 1.807) is 18.3 Å². The molecule has 0 spiro atoms. The van der Waals surface area contributed by atoms with Crippen LogP contribution in [0, 0.1) is 19.7 Å². The van der Waals surface area contributed by atoms with E-state index >= 15 is 0 Å². The number of halogens is 1. The lowest BCUT2D eigenvalue weighted by Gasteiger charge is -2.28. The van der Waals surface area contributed by atoms with E-state index in [0.717, 1.165) is 28.3 Å². The molecule has 4 rings (SSSR count). The molecule has 0 unspecified atom stereocenters. The molecular weight excluding hydrogens is 427 g/mol. The SMILES string of the molecule is COC(=O)CCN1C(=S)N[C@@H](c2ccccn2)[C@@H]1c1cc(C)n(-c2ccc(F)cc2)c1C. The summed E-state index contributed by atoms with van der Waals surface area (Å²) in [5.41, 5.74) is 4.87. The lowest BCUT2D eigenvalue weighted by atomic mass is 9.96. The van der Waals surface area contributed by atoms with Crippen LogP contribution in [0.1, 0.15) is 41.1 Å². The summed E-state index contributed by atoms with van der Waals surface area (Å²) in [5, 5.41) is 3.97. The van der Waals surface area contributed by atoms with Gasteiger partial charge in [-0.05, 0) is 74.1 Å². The molecule has 1 N–H and O–H groups in total. The van der Waals surface area contributed by atoms with Gasteiger partial charge in [0.05, 0.1) is 31.3 Å². The van der Waals surface area contributed by atoms with Crippen LogP contribution in [0.15, 0.2) is 54.7 Å². The lowest BCUT2D eigenvalue weighted by Crippen LogP contribution is -2.32. The first-order valence-electron chi connectivity index (χ1n) is 10.4. The van der Waals surface area contributed by atoms with Crippen LogP contribution in [-0.4, -0.2) is 39.2 Å². The first-order chi connectivity index (χ1) is 15.4. The number of thiocarbonyl (C=S) groups is 1. The van der Waals surface area contributed by atoms with Crippen molar-refractivity contribution in [2.75, 3.05) is 13.7 Å². The summed E-state index contributed by atoms with van der Waals surface area (Å²) < 4.78 is 20.4. The molecule has 166 valence electrons. The van der Waals surface area contributed by atoms with Gasteiger partial charge >= 0.3 is 5.97 Å². The molecule has 0 aliphatic carbocycles. The Morgan fingerprint density at radius 2 is 1.97 bits per heavy atom. The molecule has 1 aliphatic rings. The van der Waals surface area contributed by atoms with Crippen molar-refractivity contribution in [3.63, 3.8) is 0 Å². The molecule has 0 radical (unpaired) electrons. The predicted octanol–water partition coefficient (Wildman–Crippen LogP) is 4.16. The molecule has 0 bridgehead atoms. The molecule has 6 nitrogen and oxygen atoms in total. The molecule has 2 aromatic heterocycles. The smallest absolute Gasteiger partial charge is 0.307 e. The lowest BCUT2D eigenvalue weighted by molar-refractivity contribution is -0.140. The van der Waals surface area contributed by atoms with Gasteiger partial charge in [-0.15, -0.1) is 0 Å². The van der Waals surface area contributed by atoms with Crippen LogP contribution in [-0.2, 0) is 9.53 Å². The summed E-state index contributed by atoms with van der Waals surface area (Å²) >= 11 is 5.66. The highest BCUT2D eigenvalue weighted by Crippen LogP contribution is 2.41. The molecule has 1 saturated heterocycles. The van der Waals surface area contributed by atoms with Crippen LogP contribution in [0.3, 0.4) is 0 Å². The summed E-state index contributed by atoms with van der Waals surface area (Å²) in [6.07, 6.45) is 1.98. The molecule has 0 amide bonds. The van der Waals surface area contributed by atoms with E-state index in [1.807, 2.05) is 36.9 Å². The molecule has 1 aliphatic heterocycles. The molecular formula is C24H25FN4O2S. The average molecular weight is 453 g/mol. The van der Waals surface area contributed by atoms with Crippen molar-refractivity contribution in [3.05, 3.63) is 83.2 Å². The number of esters is 1. The third kappa shape index (κ3) is 4.10. The van der Waals surface area contributed by atoms with Gasteiger partial charge < -0.3 is 19.5 Å². The molecule has 3 aromatic rings. The molecule has 0 saturated carbocycles. The number of hydrogen-bond acceptors (Lipinski definition) is 4. The van der Waals surface area contributed by atoms with Crippen LogP contribution in [0.25, 0.3) is 5.69 Å². The first kappa shape index (κ1) is 22.0. The van der Waals surface area contributed by atoms with Crippen LogP contribution >= 0.6 is 12.2 Å². The van der Waals surface area contributed by atoms with Crippen LogP contribution in [0.2, 0.25) is 0 Å². The Balaban J connectivity index is 1.78. The van der Waals surface area contributed by atoms with Crippen LogP contribution in [0.5, 0.6) is 0 Å². The fraction of sp³-hybridized carbons (Fsp3) is 0.292. The quantitative estimate of drug-likeness (QED) is 0.448. The Morgan fingerprint density at radius 3 is 2.62 bits per heavy atom. The molecule has 8 heteroatoms.